The second-order valence-electron chi connectivity index (χ2n) is 4.40. The number of carbonyl (C=O) groups is 1. The molecule has 0 aliphatic carbocycles. The number of aryl methyl sites for hydroxylation is 1. The molecule has 5 heteroatoms. The first kappa shape index (κ1) is 15.2. The molecule has 0 N–H and O–H groups in total. The zero-order chi connectivity index (χ0) is 14.8. The first-order valence-electron chi connectivity index (χ1n) is 5.97. The number of sulfone groups is 1. The molecule has 2 aromatic rings. The quantitative estimate of drug-likeness (QED) is 0.449. The first-order valence-corrected chi connectivity index (χ1v) is 8.76. The molecule has 0 aliphatic rings. The highest BCUT2D eigenvalue weighted by Crippen LogP contribution is 2.24. The van der Waals surface area contributed by atoms with Crippen molar-refractivity contribution in [2.24, 2.45) is 0 Å². The molecular formula is C15H13IO3S. The lowest BCUT2D eigenvalue weighted by atomic mass is 10.2. The van der Waals surface area contributed by atoms with Gasteiger partial charge >= 0.3 is 0 Å². The largest absolute Gasteiger partial charge is 0.292 e. The van der Waals surface area contributed by atoms with Gasteiger partial charge in [0.15, 0.2) is 18.9 Å². The first-order chi connectivity index (χ1) is 9.43. The van der Waals surface area contributed by atoms with Crippen LogP contribution in [0.1, 0.15) is 15.9 Å². The van der Waals surface area contributed by atoms with E-state index in [2.05, 4.69) is 0 Å². The SMILES string of the molecule is Cc1ccc(S(=O)(=O)C(I)C(=O)c2ccccc2)cc1. The molecule has 0 spiro atoms. The average Bonchev–Trinajstić information content (AvgIpc) is 2.47. The maximum atomic E-state index is 12.4. The van der Waals surface area contributed by atoms with E-state index in [0.717, 1.165) is 5.56 Å². The Morgan fingerprint density at radius 3 is 2.10 bits per heavy atom. The fourth-order valence-corrected chi connectivity index (χ4v) is 4.13. The van der Waals surface area contributed by atoms with Crippen LogP contribution in [0.25, 0.3) is 0 Å². The van der Waals surface area contributed by atoms with Gasteiger partial charge in [-0.25, -0.2) is 8.42 Å². The molecule has 0 amide bonds. The van der Waals surface area contributed by atoms with Crippen LogP contribution >= 0.6 is 22.6 Å². The molecule has 20 heavy (non-hydrogen) atoms. The van der Waals surface area contributed by atoms with Crippen LogP contribution in [-0.2, 0) is 9.84 Å². The number of hydrogen-bond donors (Lipinski definition) is 0. The molecule has 0 saturated carbocycles. The van der Waals surface area contributed by atoms with Crippen molar-refractivity contribution in [2.75, 3.05) is 0 Å². The van der Waals surface area contributed by atoms with E-state index in [1.807, 2.05) is 6.92 Å². The Bertz CT molecular complexity index is 707. The smallest absolute Gasteiger partial charge is 0.197 e. The van der Waals surface area contributed by atoms with Gasteiger partial charge in [-0.2, -0.15) is 0 Å². The highest BCUT2D eigenvalue weighted by atomic mass is 127. The Morgan fingerprint density at radius 1 is 1.00 bits per heavy atom. The summed E-state index contributed by atoms with van der Waals surface area (Å²) in [6, 6.07) is 15.0. The van der Waals surface area contributed by atoms with Crippen molar-refractivity contribution < 1.29 is 13.2 Å². The lowest BCUT2D eigenvalue weighted by Crippen LogP contribution is -2.24. The number of ketones is 1. The van der Waals surface area contributed by atoms with E-state index in [1.165, 1.54) is 12.1 Å². The van der Waals surface area contributed by atoms with Gasteiger partial charge in [0.2, 0.25) is 0 Å². The Balaban J connectivity index is 2.35. The highest BCUT2D eigenvalue weighted by Gasteiger charge is 2.31. The van der Waals surface area contributed by atoms with Crippen LogP contribution in [0.4, 0.5) is 0 Å². The molecule has 2 rings (SSSR count). The fraction of sp³-hybridized carbons (Fsp3) is 0.133. The van der Waals surface area contributed by atoms with Gasteiger partial charge in [0.1, 0.15) is 0 Å². The number of alkyl halides is 1. The predicted octanol–water partition coefficient (Wildman–Crippen LogP) is 3.41. The summed E-state index contributed by atoms with van der Waals surface area (Å²) in [5, 5.41) is 0. The second kappa shape index (κ2) is 6.05. The Hall–Kier alpha value is -1.21. The van der Waals surface area contributed by atoms with Crippen LogP contribution in [0.15, 0.2) is 59.5 Å². The number of hydrogen-bond acceptors (Lipinski definition) is 3. The lowest BCUT2D eigenvalue weighted by Gasteiger charge is -2.11. The van der Waals surface area contributed by atoms with Gasteiger partial charge in [0.25, 0.3) is 0 Å². The number of rotatable bonds is 4. The van der Waals surface area contributed by atoms with E-state index >= 15 is 0 Å². The van der Waals surface area contributed by atoms with Crippen LogP contribution in [-0.4, -0.2) is 17.5 Å². The van der Waals surface area contributed by atoms with Gasteiger partial charge < -0.3 is 0 Å². The predicted molar refractivity (Wildman–Crippen MR) is 86.9 cm³/mol. The minimum absolute atomic E-state index is 0.173. The summed E-state index contributed by atoms with van der Waals surface area (Å²) in [4.78, 5) is 12.4. The van der Waals surface area contributed by atoms with Crippen LogP contribution in [0, 0.1) is 6.92 Å². The lowest BCUT2D eigenvalue weighted by molar-refractivity contribution is 0.101. The molecule has 0 heterocycles. The van der Waals surface area contributed by atoms with Gasteiger partial charge in [0, 0.05) is 5.56 Å². The number of carbonyl (C=O) groups excluding carboxylic acids is 1. The van der Waals surface area contributed by atoms with Crippen molar-refractivity contribution in [1.29, 1.82) is 0 Å². The van der Waals surface area contributed by atoms with Crippen LogP contribution < -0.4 is 0 Å². The van der Waals surface area contributed by atoms with E-state index < -0.39 is 18.9 Å². The maximum absolute atomic E-state index is 12.4. The van der Waals surface area contributed by atoms with E-state index in [1.54, 1.807) is 65.1 Å². The minimum Gasteiger partial charge on any atom is -0.292 e. The maximum Gasteiger partial charge on any atom is 0.197 e. The monoisotopic (exact) mass is 400 g/mol. The molecule has 2 aromatic carbocycles. The fourth-order valence-electron chi connectivity index (χ4n) is 1.72. The molecule has 104 valence electrons. The van der Waals surface area contributed by atoms with Crippen molar-refractivity contribution in [3.05, 3.63) is 65.7 Å². The van der Waals surface area contributed by atoms with Crippen molar-refractivity contribution in [1.82, 2.24) is 0 Å². The molecule has 0 saturated heterocycles. The van der Waals surface area contributed by atoms with Crippen LogP contribution in [0.5, 0.6) is 0 Å². The third-order valence-corrected chi connectivity index (χ3v) is 7.15. The zero-order valence-corrected chi connectivity index (χ0v) is 13.8. The van der Waals surface area contributed by atoms with Gasteiger partial charge in [-0.15, -0.1) is 0 Å². The Labute approximate surface area is 132 Å². The summed E-state index contributed by atoms with van der Waals surface area (Å²) in [7, 11) is -3.67. The Morgan fingerprint density at radius 2 is 1.55 bits per heavy atom. The Kier molecular flexibility index (Phi) is 4.59. The topological polar surface area (TPSA) is 51.2 Å². The molecule has 0 aliphatic heterocycles. The molecule has 3 nitrogen and oxygen atoms in total. The summed E-state index contributed by atoms with van der Waals surface area (Å²) >= 11 is 1.69. The van der Waals surface area contributed by atoms with Crippen LogP contribution in [0.2, 0.25) is 0 Å². The molecule has 0 radical (unpaired) electrons. The molecular weight excluding hydrogens is 387 g/mol. The van der Waals surface area contributed by atoms with E-state index in [9.17, 15) is 13.2 Å². The van der Waals surface area contributed by atoms with Crippen molar-refractivity contribution in [3.63, 3.8) is 0 Å². The minimum atomic E-state index is -3.67. The normalized spacial score (nSPS) is 12.9. The van der Waals surface area contributed by atoms with Crippen LogP contribution in [0.3, 0.4) is 0 Å². The number of Topliss-reactive ketones (excluding diaryl/α,β-unsaturated/α-hetero) is 1. The van der Waals surface area contributed by atoms with Crippen molar-refractivity contribution in [2.45, 2.75) is 15.1 Å². The number of halogens is 1. The van der Waals surface area contributed by atoms with Gasteiger partial charge in [-0.05, 0) is 19.1 Å². The number of benzene rings is 2. The van der Waals surface area contributed by atoms with Gasteiger partial charge in [0.05, 0.1) is 4.90 Å². The van der Waals surface area contributed by atoms with E-state index in [0.29, 0.717) is 5.56 Å². The molecule has 1 atom stereocenters. The van der Waals surface area contributed by atoms with Gasteiger partial charge in [-0.1, -0.05) is 70.6 Å². The summed E-state index contributed by atoms with van der Waals surface area (Å²) in [5.41, 5.74) is 1.38. The molecule has 0 fully saturated rings. The summed E-state index contributed by atoms with van der Waals surface area (Å²) in [5.74, 6) is -0.397. The molecule has 0 aromatic heterocycles. The third-order valence-electron chi connectivity index (χ3n) is 2.89. The average molecular weight is 400 g/mol. The summed E-state index contributed by atoms with van der Waals surface area (Å²) in [6.45, 7) is 1.88. The van der Waals surface area contributed by atoms with Crippen molar-refractivity contribution >= 4 is 38.2 Å². The third kappa shape index (κ3) is 3.09. The second-order valence-corrected chi connectivity index (χ2v) is 8.53. The highest BCUT2D eigenvalue weighted by molar-refractivity contribution is 14.1. The summed E-state index contributed by atoms with van der Waals surface area (Å²) in [6.07, 6.45) is 0. The van der Waals surface area contributed by atoms with E-state index in [4.69, 9.17) is 0 Å². The van der Waals surface area contributed by atoms with Crippen molar-refractivity contribution in [3.8, 4) is 0 Å². The van der Waals surface area contributed by atoms with Gasteiger partial charge in [-0.3, -0.25) is 4.79 Å². The standard InChI is InChI=1S/C15H13IO3S/c1-11-7-9-13(10-8-11)20(18,19)15(16)14(17)12-5-3-2-4-6-12/h2-10,15H,1H3. The molecule has 1 unspecified atom stereocenters. The zero-order valence-electron chi connectivity index (χ0n) is 10.8. The van der Waals surface area contributed by atoms with E-state index in [-0.39, 0.29) is 4.90 Å². The molecule has 0 bridgehead atoms. The summed E-state index contributed by atoms with van der Waals surface area (Å²) < 4.78 is 23.7.